The Hall–Kier alpha value is -1.83. The number of nitrogens with zero attached hydrogens (tertiary/aromatic N) is 3. The first-order valence-corrected chi connectivity index (χ1v) is 8.27. The Morgan fingerprint density at radius 2 is 2.19 bits per heavy atom. The fourth-order valence-corrected chi connectivity index (χ4v) is 3.32. The summed E-state index contributed by atoms with van der Waals surface area (Å²) in [5.74, 6) is 0.942. The summed E-state index contributed by atoms with van der Waals surface area (Å²) in [6.45, 7) is 0.895. The van der Waals surface area contributed by atoms with E-state index in [-0.39, 0.29) is 5.88 Å². The summed E-state index contributed by atoms with van der Waals surface area (Å²) in [4.78, 5) is 13.8. The van der Waals surface area contributed by atoms with Crippen molar-refractivity contribution in [2.75, 3.05) is 11.4 Å². The molecule has 0 saturated heterocycles. The van der Waals surface area contributed by atoms with Gasteiger partial charge in [0.25, 0.3) is 0 Å². The van der Waals surface area contributed by atoms with Crippen LogP contribution in [0, 0.1) is 0 Å². The Bertz CT molecular complexity index is 830. The Morgan fingerprint density at radius 1 is 1.29 bits per heavy atom. The number of rotatable bonds is 2. The first kappa shape index (κ1) is 12.9. The maximum absolute atomic E-state index is 9.66. The minimum absolute atomic E-state index is 0.118. The molecule has 4 rings (SSSR count). The summed E-state index contributed by atoms with van der Waals surface area (Å²) in [6, 6.07) is 8.24. The van der Waals surface area contributed by atoms with E-state index in [1.54, 1.807) is 12.4 Å². The molecule has 1 aromatic carbocycles. The van der Waals surface area contributed by atoms with Crippen molar-refractivity contribution in [2.24, 2.45) is 0 Å². The van der Waals surface area contributed by atoms with Crippen LogP contribution in [0.25, 0.3) is 11.0 Å². The van der Waals surface area contributed by atoms with Crippen LogP contribution in [0.5, 0.6) is 5.88 Å². The molecule has 2 aromatic heterocycles. The van der Waals surface area contributed by atoms with Crippen molar-refractivity contribution < 1.29 is 5.11 Å². The van der Waals surface area contributed by atoms with Gasteiger partial charge in [0, 0.05) is 22.7 Å². The number of halogens is 1. The van der Waals surface area contributed by atoms with Crippen LogP contribution >= 0.6 is 22.6 Å². The van der Waals surface area contributed by atoms with Gasteiger partial charge in [0.1, 0.15) is 11.8 Å². The van der Waals surface area contributed by atoms with Crippen molar-refractivity contribution >= 4 is 45.1 Å². The van der Waals surface area contributed by atoms with Gasteiger partial charge in [-0.2, -0.15) is 0 Å². The summed E-state index contributed by atoms with van der Waals surface area (Å²) in [5.41, 5.74) is 5.36. The number of aromatic nitrogens is 3. The van der Waals surface area contributed by atoms with Crippen LogP contribution in [0.15, 0.2) is 30.6 Å². The first-order chi connectivity index (χ1) is 10.3. The van der Waals surface area contributed by atoms with E-state index in [0.29, 0.717) is 0 Å². The average molecular weight is 392 g/mol. The molecule has 2 N–H and O–H groups in total. The van der Waals surface area contributed by atoms with Crippen molar-refractivity contribution in [1.29, 1.82) is 0 Å². The van der Waals surface area contributed by atoms with E-state index in [1.165, 1.54) is 16.8 Å². The summed E-state index contributed by atoms with van der Waals surface area (Å²) < 4.78 is 0.987. The number of fused-ring (bicyclic) bond motifs is 2. The van der Waals surface area contributed by atoms with Crippen LogP contribution in [-0.4, -0.2) is 26.6 Å². The highest BCUT2D eigenvalue weighted by Gasteiger charge is 2.24. The van der Waals surface area contributed by atoms with Crippen LogP contribution in [0.4, 0.5) is 11.5 Å². The van der Waals surface area contributed by atoms with Gasteiger partial charge < -0.3 is 15.0 Å². The first-order valence-electron chi connectivity index (χ1n) is 6.74. The molecule has 0 bridgehead atoms. The second-order valence-electron chi connectivity index (χ2n) is 5.11. The van der Waals surface area contributed by atoms with Crippen molar-refractivity contribution in [3.05, 3.63) is 41.7 Å². The standard InChI is InChI=1S/C15H13IN4O/c16-7-9-1-2-10-3-4-20(12(10)5-9)15-14-11(17-8-18-15)6-13(21)19-14/h1-2,5-6,8,19,21H,3-4,7H2. The molecule has 5 nitrogen and oxygen atoms in total. The van der Waals surface area contributed by atoms with Gasteiger partial charge in [-0.15, -0.1) is 0 Å². The molecule has 0 atom stereocenters. The lowest BCUT2D eigenvalue weighted by atomic mass is 10.1. The second-order valence-corrected chi connectivity index (χ2v) is 5.87. The number of H-pyrrole nitrogens is 1. The van der Waals surface area contributed by atoms with E-state index >= 15 is 0 Å². The average Bonchev–Trinajstić information content (AvgIpc) is 3.08. The molecule has 106 valence electrons. The zero-order valence-electron chi connectivity index (χ0n) is 11.2. The number of benzene rings is 1. The largest absolute Gasteiger partial charge is 0.495 e. The number of hydrogen-bond acceptors (Lipinski definition) is 4. The Kier molecular flexibility index (Phi) is 2.99. The third-order valence-corrected chi connectivity index (χ3v) is 4.72. The zero-order valence-corrected chi connectivity index (χ0v) is 13.3. The SMILES string of the molecule is Oc1cc2ncnc(N3CCc4ccc(CI)cc43)c2[nH]1. The molecule has 0 aliphatic carbocycles. The molecular formula is C15H13IN4O. The highest BCUT2D eigenvalue weighted by atomic mass is 127. The van der Waals surface area contributed by atoms with Gasteiger partial charge in [0.15, 0.2) is 11.7 Å². The monoisotopic (exact) mass is 392 g/mol. The predicted octanol–water partition coefficient (Wildman–Crippen LogP) is 3.29. The molecule has 1 aliphatic rings. The van der Waals surface area contributed by atoms with Crippen LogP contribution in [0.1, 0.15) is 11.1 Å². The van der Waals surface area contributed by atoms with E-state index in [2.05, 4.69) is 60.6 Å². The van der Waals surface area contributed by atoms with Crippen LogP contribution in [0.3, 0.4) is 0 Å². The topological polar surface area (TPSA) is 65.0 Å². The quantitative estimate of drug-likeness (QED) is 0.519. The smallest absolute Gasteiger partial charge is 0.191 e. The maximum atomic E-state index is 9.66. The highest BCUT2D eigenvalue weighted by molar-refractivity contribution is 14.1. The minimum atomic E-state index is 0.118. The second kappa shape index (κ2) is 4.87. The van der Waals surface area contributed by atoms with Crippen LogP contribution in [-0.2, 0) is 10.8 Å². The van der Waals surface area contributed by atoms with Gasteiger partial charge in [-0.05, 0) is 23.6 Å². The van der Waals surface area contributed by atoms with E-state index in [0.717, 1.165) is 34.2 Å². The molecule has 0 radical (unpaired) electrons. The molecule has 0 amide bonds. The predicted molar refractivity (Wildman–Crippen MR) is 90.4 cm³/mol. The fourth-order valence-electron chi connectivity index (χ4n) is 2.85. The van der Waals surface area contributed by atoms with E-state index in [1.807, 2.05) is 0 Å². The number of anilines is 2. The molecule has 0 saturated carbocycles. The molecule has 3 aromatic rings. The summed E-state index contributed by atoms with van der Waals surface area (Å²) >= 11 is 2.37. The van der Waals surface area contributed by atoms with E-state index in [9.17, 15) is 5.11 Å². The third kappa shape index (κ3) is 2.05. The molecule has 6 heteroatoms. The van der Waals surface area contributed by atoms with Crippen LogP contribution < -0.4 is 4.90 Å². The Labute approximate surface area is 135 Å². The number of aromatic amines is 1. The molecule has 3 heterocycles. The maximum Gasteiger partial charge on any atom is 0.191 e. The van der Waals surface area contributed by atoms with Gasteiger partial charge in [-0.1, -0.05) is 34.7 Å². The fraction of sp³-hybridized carbons (Fsp3) is 0.200. The lowest BCUT2D eigenvalue weighted by Crippen LogP contribution is -2.15. The van der Waals surface area contributed by atoms with Gasteiger partial charge in [-0.3, -0.25) is 0 Å². The Morgan fingerprint density at radius 3 is 3.05 bits per heavy atom. The normalized spacial score (nSPS) is 13.9. The lowest BCUT2D eigenvalue weighted by molar-refractivity contribution is 0.458. The summed E-state index contributed by atoms with van der Waals surface area (Å²) in [5, 5.41) is 9.66. The van der Waals surface area contributed by atoms with Crippen LogP contribution in [0.2, 0.25) is 0 Å². The highest BCUT2D eigenvalue weighted by Crippen LogP contribution is 2.37. The number of aromatic hydroxyl groups is 1. The molecule has 0 fully saturated rings. The van der Waals surface area contributed by atoms with Gasteiger partial charge in [-0.25, -0.2) is 9.97 Å². The van der Waals surface area contributed by atoms with Gasteiger partial charge in [0.05, 0.1) is 5.52 Å². The zero-order chi connectivity index (χ0) is 14.4. The third-order valence-electron chi connectivity index (χ3n) is 3.84. The van der Waals surface area contributed by atoms with E-state index < -0.39 is 0 Å². The minimum Gasteiger partial charge on any atom is -0.495 e. The number of alkyl halides is 1. The number of hydrogen-bond donors (Lipinski definition) is 2. The summed E-state index contributed by atoms with van der Waals surface area (Å²) in [6.07, 6.45) is 2.56. The van der Waals surface area contributed by atoms with Crippen molar-refractivity contribution in [1.82, 2.24) is 15.0 Å². The Balaban J connectivity index is 1.88. The van der Waals surface area contributed by atoms with Gasteiger partial charge in [0.2, 0.25) is 0 Å². The molecular weight excluding hydrogens is 379 g/mol. The molecule has 0 spiro atoms. The van der Waals surface area contributed by atoms with Crippen molar-refractivity contribution in [3.8, 4) is 5.88 Å². The van der Waals surface area contributed by atoms with E-state index in [4.69, 9.17) is 0 Å². The number of nitrogens with one attached hydrogen (secondary N) is 1. The molecule has 21 heavy (non-hydrogen) atoms. The summed E-state index contributed by atoms with van der Waals surface area (Å²) in [7, 11) is 0. The van der Waals surface area contributed by atoms with Crippen molar-refractivity contribution in [2.45, 2.75) is 10.8 Å². The molecule has 0 unspecified atom stereocenters. The van der Waals surface area contributed by atoms with Crippen molar-refractivity contribution in [3.63, 3.8) is 0 Å². The molecule has 1 aliphatic heterocycles. The van der Waals surface area contributed by atoms with Gasteiger partial charge >= 0.3 is 0 Å². The lowest BCUT2D eigenvalue weighted by Gasteiger charge is -2.19.